The molecule has 0 aliphatic heterocycles. The Bertz CT molecular complexity index is 8810. The van der Waals surface area contributed by atoms with Crippen molar-refractivity contribution in [3.63, 3.8) is 0 Å². The molecule has 550 valence electrons. The van der Waals surface area contributed by atoms with Gasteiger partial charge >= 0.3 is 0 Å². The van der Waals surface area contributed by atoms with Crippen molar-refractivity contribution in [3.05, 3.63) is 413 Å². The molecule has 0 radical (unpaired) electrons. The van der Waals surface area contributed by atoms with Gasteiger partial charge in [0.05, 0.1) is 33.1 Å². The first-order chi connectivity index (χ1) is 59.1. The van der Waals surface area contributed by atoms with Crippen LogP contribution in [-0.2, 0) is 0 Å². The second-order valence-electron chi connectivity index (χ2n) is 32.0. The maximum absolute atomic E-state index is 6.21. The minimum atomic E-state index is 0.921. The smallest absolute Gasteiger partial charge is 0.136 e. The predicted octanol–water partition coefficient (Wildman–Crippen LogP) is 31.7. The zero-order chi connectivity index (χ0) is 77.7. The zero-order valence-corrected chi connectivity index (χ0v) is 64.5. The van der Waals surface area contributed by atoms with Crippen molar-refractivity contribution in [1.82, 2.24) is 13.7 Å². The van der Waals surface area contributed by atoms with Crippen LogP contribution >= 0.6 is 0 Å². The van der Waals surface area contributed by atoms with E-state index >= 15 is 0 Å². The lowest BCUT2D eigenvalue weighted by atomic mass is 9.89. The third-order valence-electron chi connectivity index (χ3n) is 25.8. The van der Waals surface area contributed by atoms with E-state index in [1.165, 1.54) is 213 Å². The fourth-order valence-corrected chi connectivity index (χ4v) is 21.0. The summed E-state index contributed by atoms with van der Waals surface area (Å²) in [6, 6.07) is 150. The summed E-state index contributed by atoms with van der Waals surface area (Å²) in [5.74, 6) is 0. The largest absolute Gasteiger partial charge is 0.456 e. The second-order valence-corrected chi connectivity index (χ2v) is 32.0. The summed E-state index contributed by atoms with van der Waals surface area (Å²) in [4.78, 5) is 2.31. The molecular formula is C114H68N4O. The number of fused-ring (bicyclic) bond motifs is 6. The molecule has 28 aromatic rings. The number of rotatable bonds is 9. The van der Waals surface area contributed by atoms with E-state index in [9.17, 15) is 0 Å². The third-order valence-corrected chi connectivity index (χ3v) is 25.8. The summed E-state index contributed by atoms with van der Waals surface area (Å²) in [7, 11) is 0. The maximum Gasteiger partial charge on any atom is 0.136 e. The molecule has 0 amide bonds. The Kier molecular flexibility index (Phi) is 14.0. The van der Waals surface area contributed by atoms with Gasteiger partial charge < -0.3 is 23.0 Å². The van der Waals surface area contributed by atoms with Crippen molar-refractivity contribution in [2.24, 2.45) is 0 Å². The highest BCUT2D eigenvalue weighted by atomic mass is 16.3. The van der Waals surface area contributed by atoms with Crippen molar-refractivity contribution in [3.8, 4) is 50.4 Å². The summed E-state index contributed by atoms with van der Waals surface area (Å²) in [6.45, 7) is 0. The molecular weight excluding hydrogens is 1440 g/mol. The fraction of sp³-hybridized carbons (Fsp3) is 0. The summed E-state index contributed by atoms with van der Waals surface area (Å²) in [6.07, 6.45) is 0. The van der Waals surface area contributed by atoms with Gasteiger partial charge in [-0.3, -0.25) is 0 Å². The van der Waals surface area contributed by atoms with E-state index in [-0.39, 0.29) is 0 Å². The lowest BCUT2D eigenvalue weighted by Gasteiger charge is -2.25. The average molecular weight is 1510 g/mol. The lowest BCUT2D eigenvalue weighted by molar-refractivity contribution is 0.669. The molecule has 24 aromatic carbocycles. The number of benzene rings is 24. The molecule has 28 rings (SSSR count). The van der Waals surface area contributed by atoms with Crippen LogP contribution in [0.4, 0.5) is 17.1 Å². The SMILES string of the molecule is c1cc(-c2cccc3oc4ccccc4c23)cc(-n2c3cccc4c5cccc6ccc7ccc2c(c7c65)c43)c1.c1ccc(-c2ccccc2-c2cccc(-n3c4cccc5c6cccc7ccc8ccc3c(c8c76)c54)c2)cc1.c1ccc(N(c2ccccc2)c2ccc(-n3c4cccc5c6cccc7ccc8ccc3c(c8c76)c54)cc2)cc1. The van der Waals surface area contributed by atoms with E-state index in [4.69, 9.17) is 4.42 Å². The molecule has 119 heavy (non-hydrogen) atoms. The molecule has 4 heterocycles. The molecule has 5 nitrogen and oxygen atoms in total. The van der Waals surface area contributed by atoms with E-state index in [0.29, 0.717) is 0 Å². The first-order valence-electron chi connectivity index (χ1n) is 41.1. The van der Waals surface area contributed by atoms with Crippen LogP contribution in [0.15, 0.2) is 417 Å². The lowest BCUT2D eigenvalue weighted by Crippen LogP contribution is -2.09. The van der Waals surface area contributed by atoms with Gasteiger partial charge in [-0.15, -0.1) is 0 Å². The molecule has 5 heteroatoms. The van der Waals surface area contributed by atoms with Gasteiger partial charge in [0.15, 0.2) is 0 Å². The second kappa shape index (κ2) is 25.3. The van der Waals surface area contributed by atoms with Crippen LogP contribution < -0.4 is 4.90 Å². The molecule has 0 unspecified atom stereocenters. The fourth-order valence-electron chi connectivity index (χ4n) is 21.0. The highest BCUT2D eigenvalue weighted by Gasteiger charge is 2.28. The van der Waals surface area contributed by atoms with Crippen molar-refractivity contribution >= 4 is 201 Å². The Balaban J connectivity index is 0.0000000968. The number of anilines is 3. The van der Waals surface area contributed by atoms with Gasteiger partial charge in [-0.05, 0) is 236 Å². The molecule has 0 aliphatic carbocycles. The van der Waals surface area contributed by atoms with Gasteiger partial charge in [0.25, 0.3) is 0 Å². The number of hydrogen-bond donors (Lipinski definition) is 0. The Morgan fingerprint density at radius 1 is 0.168 bits per heavy atom. The monoisotopic (exact) mass is 1510 g/mol. The molecule has 0 atom stereocenters. The van der Waals surface area contributed by atoms with Gasteiger partial charge in [0.2, 0.25) is 0 Å². The molecule has 0 saturated carbocycles. The van der Waals surface area contributed by atoms with Gasteiger partial charge in [-0.1, -0.05) is 291 Å². The summed E-state index contributed by atoms with van der Waals surface area (Å²) < 4.78 is 13.6. The van der Waals surface area contributed by atoms with E-state index in [1.807, 2.05) is 12.1 Å². The van der Waals surface area contributed by atoms with Gasteiger partial charge in [-0.25, -0.2) is 0 Å². The van der Waals surface area contributed by atoms with Crippen molar-refractivity contribution in [2.75, 3.05) is 4.90 Å². The van der Waals surface area contributed by atoms with Crippen LogP contribution in [0.25, 0.3) is 235 Å². The Morgan fingerprint density at radius 3 is 0.950 bits per heavy atom. The Hall–Kier alpha value is -15.8. The molecule has 0 N–H and O–H groups in total. The summed E-state index contributed by atoms with van der Waals surface area (Å²) in [5, 5.41) is 34.6. The maximum atomic E-state index is 6.21. The van der Waals surface area contributed by atoms with E-state index < -0.39 is 0 Å². The standard InChI is InChI=1S/C38H24N2.C38H21NO.C38H23N/c1-3-10-27(11-4-1)39(28-12-5-2-6-13-28)29-20-22-30(23-21-29)40-33-16-8-15-32-31-14-7-9-25-17-18-26-19-24-34(40)38(37(32)33)36(26)35(25)31;1-2-15-32-29(10-1)36-26(11-6-16-33(36)40-32)24-8-3-9-25(21-24)39-30-14-5-13-28-27-12-4-7-22-17-18-23-19-20-31(39)38(37(28)30)35(23)34(22)27;1-2-9-24(10-3-1)29-14-4-5-15-30(29)27-12-6-13-28(23-27)39-33-18-8-17-32-31-16-7-11-25-19-20-26-21-22-34(39)38(37(32)33)36(26)35(25)31/h1-24H;1-21H;1-23H. The van der Waals surface area contributed by atoms with Gasteiger partial charge in [0.1, 0.15) is 11.2 Å². The van der Waals surface area contributed by atoms with Crippen LogP contribution in [0.3, 0.4) is 0 Å². The molecule has 0 bridgehead atoms. The number of furan rings is 1. The van der Waals surface area contributed by atoms with Gasteiger partial charge in [-0.2, -0.15) is 0 Å². The number of aromatic nitrogens is 3. The molecule has 4 aromatic heterocycles. The molecule has 0 saturated heterocycles. The van der Waals surface area contributed by atoms with E-state index in [2.05, 4.69) is 419 Å². The zero-order valence-electron chi connectivity index (χ0n) is 64.5. The Morgan fingerprint density at radius 2 is 0.479 bits per heavy atom. The average Bonchev–Trinajstić information content (AvgIpc) is 1.57. The molecule has 0 aliphatic rings. The summed E-state index contributed by atoms with van der Waals surface area (Å²) in [5.41, 5.74) is 23.6. The first kappa shape index (κ1) is 65.6. The van der Waals surface area contributed by atoms with Crippen LogP contribution in [-0.4, -0.2) is 13.7 Å². The van der Waals surface area contributed by atoms with Crippen LogP contribution in [0, 0.1) is 0 Å². The highest BCUT2D eigenvalue weighted by Crippen LogP contribution is 2.52. The normalized spacial score (nSPS) is 12.2. The predicted molar refractivity (Wildman–Crippen MR) is 505 cm³/mol. The molecule has 0 spiro atoms. The minimum absolute atomic E-state index is 0.921. The van der Waals surface area contributed by atoms with E-state index in [1.54, 1.807) is 0 Å². The van der Waals surface area contributed by atoms with Gasteiger partial charge in [0, 0.05) is 93.4 Å². The van der Waals surface area contributed by atoms with E-state index in [0.717, 1.165) is 39.3 Å². The first-order valence-corrected chi connectivity index (χ1v) is 41.1. The van der Waals surface area contributed by atoms with Crippen LogP contribution in [0.5, 0.6) is 0 Å². The number of para-hydroxylation sites is 3. The highest BCUT2D eigenvalue weighted by molar-refractivity contribution is 6.43. The third kappa shape index (κ3) is 9.52. The van der Waals surface area contributed by atoms with Crippen molar-refractivity contribution in [1.29, 1.82) is 0 Å². The molecule has 0 fully saturated rings. The van der Waals surface area contributed by atoms with Crippen molar-refractivity contribution < 1.29 is 4.42 Å². The topological polar surface area (TPSA) is 31.2 Å². The van der Waals surface area contributed by atoms with Crippen LogP contribution in [0.1, 0.15) is 0 Å². The number of hydrogen-bond acceptors (Lipinski definition) is 2. The number of nitrogens with zero attached hydrogens (tertiary/aromatic N) is 4. The van der Waals surface area contributed by atoms with Crippen molar-refractivity contribution in [2.45, 2.75) is 0 Å². The van der Waals surface area contributed by atoms with Crippen LogP contribution in [0.2, 0.25) is 0 Å². The summed E-state index contributed by atoms with van der Waals surface area (Å²) >= 11 is 0. The Labute approximate surface area is 682 Å². The minimum Gasteiger partial charge on any atom is -0.456 e. The quantitative estimate of drug-likeness (QED) is 0.107.